The van der Waals surface area contributed by atoms with Gasteiger partial charge in [0.05, 0.1) is 17.6 Å². The number of aromatic amines is 1. The molecule has 0 aliphatic carbocycles. The van der Waals surface area contributed by atoms with Crippen LogP contribution in [0.1, 0.15) is 12.7 Å². The van der Waals surface area contributed by atoms with Crippen molar-refractivity contribution >= 4 is 16.9 Å². The zero-order valence-electron chi connectivity index (χ0n) is 10.2. The second-order valence-corrected chi connectivity index (χ2v) is 3.80. The number of hydrogen-bond donors (Lipinski definition) is 2. The number of carbonyl (C=O) groups is 1. The van der Waals surface area contributed by atoms with E-state index in [1.54, 1.807) is 12.2 Å². The van der Waals surface area contributed by atoms with E-state index in [-0.39, 0.29) is 5.91 Å². The molecule has 0 unspecified atom stereocenters. The van der Waals surface area contributed by atoms with E-state index in [9.17, 15) is 4.79 Å². The van der Waals surface area contributed by atoms with Gasteiger partial charge in [0.1, 0.15) is 5.82 Å². The van der Waals surface area contributed by atoms with E-state index in [1.165, 1.54) is 6.08 Å². The van der Waals surface area contributed by atoms with Crippen molar-refractivity contribution in [1.29, 1.82) is 0 Å². The summed E-state index contributed by atoms with van der Waals surface area (Å²) >= 11 is 0. The van der Waals surface area contributed by atoms with E-state index in [0.29, 0.717) is 6.54 Å². The number of H-pyrrole nitrogens is 1. The Kier molecular flexibility index (Phi) is 3.91. The molecule has 1 amide bonds. The van der Waals surface area contributed by atoms with Crippen LogP contribution in [-0.4, -0.2) is 15.9 Å². The highest BCUT2D eigenvalue weighted by Crippen LogP contribution is 2.09. The second-order valence-electron chi connectivity index (χ2n) is 3.80. The van der Waals surface area contributed by atoms with Gasteiger partial charge >= 0.3 is 0 Å². The predicted molar refractivity (Wildman–Crippen MR) is 71.9 cm³/mol. The average molecular weight is 241 g/mol. The van der Waals surface area contributed by atoms with Crippen LogP contribution in [0.5, 0.6) is 0 Å². The first kappa shape index (κ1) is 12.1. The highest BCUT2D eigenvalue weighted by Gasteiger charge is 2.02. The van der Waals surface area contributed by atoms with Crippen LogP contribution in [0, 0.1) is 0 Å². The van der Waals surface area contributed by atoms with Crippen LogP contribution in [0.15, 0.2) is 48.6 Å². The second kappa shape index (κ2) is 5.82. The maximum Gasteiger partial charge on any atom is 0.244 e. The minimum atomic E-state index is -0.131. The summed E-state index contributed by atoms with van der Waals surface area (Å²) < 4.78 is 0. The van der Waals surface area contributed by atoms with Gasteiger partial charge in [0.2, 0.25) is 5.91 Å². The van der Waals surface area contributed by atoms with Crippen molar-refractivity contribution < 1.29 is 4.79 Å². The predicted octanol–water partition coefficient (Wildman–Crippen LogP) is 2.31. The van der Waals surface area contributed by atoms with Crippen molar-refractivity contribution in [1.82, 2.24) is 15.3 Å². The van der Waals surface area contributed by atoms with E-state index >= 15 is 0 Å². The van der Waals surface area contributed by atoms with Crippen molar-refractivity contribution in [2.75, 3.05) is 0 Å². The molecule has 0 aliphatic rings. The Balaban J connectivity index is 1.95. The van der Waals surface area contributed by atoms with Gasteiger partial charge in [-0.1, -0.05) is 30.4 Å². The largest absolute Gasteiger partial charge is 0.345 e. The molecule has 0 fully saturated rings. The number of nitrogens with zero attached hydrogens (tertiary/aromatic N) is 1. The van der Waals surface area contributed by atoms with Crippen LogP contribution in [0.2, 0.25) is 0 Å². The van der Waals surface area contributed by atoms with Crippen LogP contribution in [0.3, 0.4) is 0 Å². The Morgan fingerprint density at radius 3 is 3.00 bits per heavy atom. The summed E-state index contributed by atoms with van der Waals surface area (Å²) in [5.41, 5.74) is 1.89. The first-order chi connectivity index (χ1) is 8.79. The van der Waals surface area contributed by atoms with Gasteiger partial charge < -0.3 is 10.3 Å². The Labute approximate surface area is 105 Å². The van der Waals surface area contributed by atoms with Gasteiger partial charge in [-0.2, -0.15) is 0 Å². The monoisotopic (exact) mass is 241 g/mol. The number of benzene rings is 1. The summed E-state index contributed by atoms with van der Waals surface area (Å²) in [5.74, 6) is 0.623. The molecule has 0 radical (unpaired) electrons. The maximum atomic E-state index is 11.4. The summed E-state index contributed by atoms with van der Waals surface area (Å²) in [4.78, 5) is 19.0. The summed E-state index contributed by atoms with van der Waals surface area (Å²) in [6.07, 6.45) is 6.86. The van der Waals surface area contributed by atoms with Crippen LogP contribution in [-0.2, 0) is 11.3 Å². The normalized spacial score (nSPS) is 11.6. The first-order valence-corrected chi connectivity index (χ1v) is 5.80. The number of amides is 1. The molecule has 2 N–H and O–H groups in total. The lowest BCUT2D eigenvalue weighted by molar-refractivity contribution is -0.116. The van der Waals surface area contributed by atoms with Gasteiger partial charge in [-0.25, -0.2) is 4.98 Å². The molecule has 92 valence electrons. The zero-order chi connectivity index (χ0) is 12.8. The summed E-state index contributed by atoms with van der Waals surface area (Å²) in [7, 11) is 0. The minimum Gasteiger partial charge on any atom is -0.345 e. The van der Waals surface area contributed by atoms with Crippen molar-refractivity contribution in [2.24, 2.45) is 0 Å². The molecule has 4 nitrogen and oxygen atoms in total. The number of para-hydroxylation sites is 2. The molecule has 0 aliphatic heterocycles. The number of nitrogens with one attached hydrogen (secondary N) is 2. The fraction of sp³-hybridized carbons (Fsp3) is 0.143. The van der Waals surface area contributed by atoms with Crippen molar-refractivity contribution in [3.63, 3.8) is 0 Å². The lowest BCUT2D eigenvalue weighted by atomic mass is 10.3. The molecular weight excluding hydrogens is 226 g/mol. The molecule has 1 aromatic heterocycles. The molecule has 2 aromatic rings. The molecule has 1 aromatic carbocycles. The van der Waals surface area contributed by atoms with Crippen molar-refractivity contribution in [2.45, 2.75) is 13.5 Å². The third-order valence-corrected chi connectivity index (χ3v) is 2.42. The number of allylic oxidation sites excluding steroid dienone is 3. The number of fused-ring (bicyclic) bond motifs is 1. The molecule has 0 atom stereocenters. The lowest BCUT2D eigenvalue weighted by Gasteiger charge is -1.97. The molecule has 0 spiro atoms. The van der Waals surface area contributed by atoms with Gasteiger partial charge in [0, 0.05) is 6.08 Å². The molecule has 2 rings (SSSR count). The van der Waals surface area contributed by atoms with Gasteiger partial charge in [0.15, 0.2) is 0 Å². The highest BCUT2D eigenvalue weighted by molar-refractivity contribution is 5.87. The summed E-state index contributed by atoms with van der Waals surface area (Å²) in [6.45, 7) is 2.30. The average Bonchev–Trinajstić information content (AvgIpc) is 2.79. The van der Waals surface area contributed by atoms with E-state index in [4.69, 9.17) is 0 Å². The van der Waals surface area contributed by atoms with Gasteiger partial charge in [-0.3, -0.25) is 4.79 Å². The minimum absolute atomic E-state index is 0.131. The molecule has 18 heavy (non-hydrogen) atoms. The van der Waals surface area contributed by atoms with Gasteiger partial charge in [0.25, 0.3) is 0 Å². The van der Waals surface area contributed by atoms with E-state index in [1.807, 2.05) is 37.3 Å². The first-order valence-electron chi connectivity index (χ1n) is 5.80. The third kappa shape index (κ3) is 3.07. The fourth-order valence-electron chi connectivity index (χ4n) is 1.57. The molecule has 4 heteroatoms. The topological polar surface area (TPSA) is 57.8 Å². The fourth-order valence-corrected chi connectivity index (χ4v) is 1.57. The van der Waals surface area contributed by atoms with E-state index < -0.39 is 0 Å². The maximum absolute atomic E-state index is 11.4. The molecule has 0 saturated heterocycles. The third-order valence-electron chi connectivity index (χ3n) is 2.42. The quantitative estimate of drug-likeness (QED) is 0.637. The summed E-state index contributed by atoms with van der Waals surface area (Å²) in [6, 6.07) is 7.77. The Bertz CT molecular complexity index is 563. The van der Waals surface area contributed by atoms with Gasteiger partial charge in [-0.15, -0.1) is 0 Å². The van der Waals surface area contributed by atoms with Crippen molar-refractivity contribution in [3.8, 4) is 0 Å². The van der Waals surface area contributed by atoms with Crippen LogP contribution < -0.4 is 5.32 Å². The Morgan fingerprint density at radius 2 is 2.22 bits per heavy atom. The SMILES string of the molecule is C/C=C/C=C/C(=O)NCc1nc2ccccc2[nH]1. The van der Waals surface area contributed by atoms with Crippen LogP contribution in [0.25, 0.3) is 11.0 Å². The van der Waals surface area contributed by atoms with E-state index in [0.717, 1.165) is 16.9 Å². The highest BCUT2D eigenvalue weighted by atomic mass is 16.1. The molecular formula is C14H15N3O. The number of rotatable bonds is 4. The van der Waals surface area contributed by atoms with Gasteiger partial charge in [-0.05, 0) is 19.1 Å². The Hall–Kier alpha value is -2.36. The number of carbonyl (C=O) groups excluding carboxylic acids is 1. The smallest absolute Gasteiger partial charge is 0.244 e. The number of aromatic nitrogens is 2. The summed E-state index contributed by atoms with van der Waals surface area (Å²) in [5, 5.41) is 2.77. The van der Waals surface area contributed by atoms with Crippen LogP contribution in [0.4, 0.5) is 0 Å². The number of hydrogen-bond acceptors (Lipinski definition) is 2. The zero-order valence-corrected chi connectivity index (χ0v) is 10.2. The standard InChI is InChI=1S/C14H15N3O/c1-2-3-4-9-14(18)15-10-13-16-11-7-5-6-8-12(11)17-13/h2-9H,10H2,1H3,(H,15,18)(H,16,17)/b3-2+,9-4+. The lowest BCUT2D eigenvalue weighted by Crippen LogP contribution is -2.20. The van der Waals surface area contributed by atoms with E-state index in [2.05, 4.69) is 15.3 Å². The number of imidazole rings is 1. The molecule has 1 heterocycles. The Morgan fingerprint density at radius 1 is 1.39 bits per heavy atom. The van der Waals surface area contributed by atoms with Crippen LogP contribution >= 0.6 is 0 Å². The molecule has 0 bridgehead atoms. The van der Waals surface area contributed by atoms with Crippen molar-refractivity contribution in [3.05, 3.63) is 54.4 Å². The molecule has 0 saturated carbocycles.